The third kappa shape index (κ3) is 3.67. The summed E-state index contributed by atoms with van der Waals surface area (Å²) in [5, 5.41) is 0. The first-order valence-corrected chi connectivity index (χ1v) is 6.46. The average Bonchev–Trinajstić information content (AvgIpc) is 2.78. The molecule has 4 heteroatoms. The van der Waals surface area contributed by atoms with Gasteiger partial charge in [0, 0.05) is 13.1 Å². The van der Waals surface area contributed by atoms with Crippen LogP contribution in [-0.4, -0.2) is 30.0 Å². The quantitative estimate of drug-likeness (QED) is 0.333. The molecule has 0 aliphatic heterocycles. The predicted octanol–water partition coefficient (Wildman–Crippen LogP) is 1.87. The number of nitrogens with zero attached hydrogens (tertiary/aromatic N) is 2. The molecule has 0 amide bonds. The van der Waals surface area contributed by atoms with Gasteiger partial charge in [0.1, 0.15) is 0 Å². The minimum absolute atomic E-state index is 0.474. The number of nitrogens with two attached hydrogens (primary N) is 1. The average molecular weight is 226 g/mol. The molecule has 0 radical (unpaired) electrons. The molecule has 1 rings (SSSR count). The first-order chi connectivity index (χ1) is 7.69. The molecule has 0 bridgehead atoms. The molecule has 0 heterocycles. The van der Waals surface area contributed by atoms with E-state index in [1.165, 1.54) is 38.5 Å². The highest BCUT2D eigenvalue weighted by Gasteiger charge is 2.17. The molecular formula is C12H26N4. The predicted molar refractivity (Wildman–Crippen MR) is 69.1 cm³/mol. The van der Waals surface area contributed by atoms with Gasteiger partial charge < -0.3 is 4.90 Å². The minimum atomic E-state index is 0.474. The maximum atomic E-state index is 5.56. The van der Waals surface area contributed by atoms with Crippen LogP contribution in [0.5, 0.6) is 0 Å². The Kier molecular flexibility index (Phi) is 5.60. The van der Waals surface area contributed by atoms with E-state index < -0.39 is 0 Å². The van der Waals surface area contributed by atoms with Crippen molar-refractivity contribution in [2.24, 2.45) is 10.8 Å². The van der Waals surface area contributed by atoms with Gasteiger partial charge in [-0.2, -0.15) is 0 Å². The lowest BCUT2D eigenvalue weighted by Crippen LogP contribution is -2.47. The van der Waals surface area contributed by atoms with E-state index in [9.17, 15) is 0 Å². The molecule has 1 aliphatic rings. The van der Waals surface area contributed by atoms with Crippen LogP contribution in [0.3, 0.4) is 0 Å². The van der Waals surface area contributed by atoms with Gasteiger partial charge in [-0.15, -0.1) is 0 Å². The van der Waals surface area contributed by atoms with Gasteiger partial charge in [0.15, 0.2) is 0 Å². The summed E-state index contributed by atoms with van der Waals surface area (Å²) in [6.07, 6.45) is 7.39. The van der Waals surface area contributed by atoms with Crippen molar-refractivity contribution in [2.75, 3.05) is 7.05 Å². The van der Waals surface area contributed by atoms with Gasteiger partial charge in [0.05, 0.1) is 6.04 Å². The second-order valence-electron chi connectivity index (χ2n) is 4.78. The summed E-state index contributed by atoms with van der Waals surface area (Å²) in [4.78, 5) is 6.86. The molecule has 1 unspecified atom stereocenters. The van der Waals surface area contributed by atoms with Gasteiger partial charge in [-0.1, -0.05) is 26.2 Å². The van der Waals surface area contributed by atoms with Crippen LogP contribution in [0, 0.1) is 0 Å². The smallest absolute Gasteiger partial charge is 0.208 e. The second-order valence-corrected chi connectivity index (χ2v) is 4.78. The van der Waals surface area contributed by atoms with Crippen LogP contribution in [0.15, 0.2) is 4.99 Å². The Labute approximate surface area is 99.3 Å². The monoisotopic (exact) mass is 226 g/mol. The lowest BCUT2D eigenvalue weighted by molar-refractivity contribution is 0.353. The molecule has 0 saturated heterocycles. The Hall–Kier alpha value is -0.770. The summed E-state index contributed by atoms with van der Waals surface area (Å²) in [6.45, 7) is 4.42. The van der Waals surface area contributed by atoms with E-state index in [-0.39, 0.29) is 0 Å². The van der Waals surface area contributed by atoms with Crippen LogP contribution in [0.2, 0.25) is 0 Å². The zero-order chi connectivity index (χ0) is 12.0. The van der Waals surface area contributed by atoms with Gasteiger partial charge in [-0.25, -0.2) is 10.8 Å². The molecule has 1 aliphatic carbocycles. The van der Waals surface area contributed by atoms with E-state index >= 15 is 0 Å². The summed E-state index contributed by atoms with van der Waals surface area (Å²) in [5.74, 6) is 6.40. The van der Waals surface area contributed by atoms with E-state index in [1.807, 2.05) is 0 Å². The van der Waals surface area contributed by atoms with Crippen LogP contribution < -0.4 is 11.3 Å². The van der Waals surface area contributed by atoms with Gasteiger partial charge in [-0.3, -0.25) is 5.43 Å². The molecule has 0 aromatic rings. The first kappa shape index (κ1) is 13.3. The van der Waals surface area contributed by atoms with Crippen molar-refractivity contribution in [1.29, 1.82) is 0 Å². The topological polar surface area (TPSA) is 53.6 Å². The molecule has 0 spiro atoms. The zero-order valence-corrected chi connectivity index (χ0v) is 10.9. The maximum absolute atomic E-state index is 5.56. The molecular weight excluding hydrogens is 200 g/mol. The SMILES string of the molecule is CCCC(C)N(C)C(=NC1CCCC1)NN. The number of aliphatic imine (C=N–C) groups is 1. The van der Waals surface area contributed by atoms with Crippen molar-refractivity contribution in [2.45, 2.75) is 64.5 Å². The lowest BCUT2D eigenvalue weighted by Gasteiger charge is -2.28. The molecule has 1 saturated carbocycles. The Morgan fingerprint density at radius 1 is 1.50 bits per heavy atom. The number of rotatable bonds is 4. The Balaban J connectivity index is 2.57. The lowest BCUT2D eigenvalue weighted by atomic mass is 10.2. The van der Waals surface area contributed by atoms with Gasteiger partial charge >= 0.3 is 0 Å². The van der Waals surface area contributed by atoms with Gasteiger partial charge in [0.2, 0.25) is 5.96 Å². The normalized spacial score (nSPS) is 19.9. The van der Waals surface area contributed by atoms with Crippen molar-refractivity contribution in [3.63, 3.8) is 0 Å². The van der Waals surface area contributed by atoms with E-state index in [4.69, 9.17) is 10.8 Å². The van der Waals surface area contributed by atoms with E-state index in [0.717, 1.165) is 5.96 Å². The molecule has 1 fully saturated rings. The van der Waals surface area contributed by atoms with E-state index in [2.05, 4.69) is 31.2 Å². The van der Waals surface area contributed by atoms with Crippen LogP contribution in [0.25, 0.3) is 0 Å². The zero-order valence-electron chi connectivity index (χ0n) is 10.9. The van der Waals surface area contributed by atoms with Crippen LogP contribution in [-0.2, 0) is 0 Å². The largest absolute Gasteiger partial charge is 0.342 e. The number of nitrogens with one attached hydrogen (secondary N) is 1. The Morgan fingerprint density at radius 2 is 2.12 bits per heavy atom. The molecule has 4 nitrogen and oxygen atoms in total. The maximum Gasteiger partial charge on any atom is 0.208 e. The molecule has 0 aromatic heterocycles. The number of hydrogen-bond acceptors (Lipinski definition) is 2. The van der Waals surface area contributed by atoms with Crippen LogP contribution in [0.4, 0.5) is 0 Å². The van der Waals surface area contributed by atoms with E-state index in [0.29, 0.717) is 12.1 Å². The molecule has 94 valence electrons. The third-order valence-electron chi connectivity index (χ3n) is 3.46. The fraction of sp³-hybridized carbons (Fsp3) is 0.917. The first-order valence-electron chi connectivity index (χ1n) is 6.46. The van der Waals surface area contributed by atoms with Crippen molar-refractivity contribution >= 4 is 5.96 Å². The van der Waals surface area contributed by atoms with Crippen LogP contribution in [0.1, 0.15) is 52.4 Å². The molecule has 1 atom stereocenters. The summed E-state index contributed by atoms with van der Waals surface area (Å²) < 4.78 is 0. The van der Waals surface area contributed by atoms with E-state index in [1.54, 1.807) is 0 Å². The number of hydrogen-bond donors (Lipinski definition) is 2. The molecule has 16 heavy (non-hydrogen) atoms. The fourth-order valence-electron chi connectivity index (χ4n) is 2.26. The van der Waals surface area contributed by atoms with Crippen LogP contribution >= 0.6 is 0 Å². The fourth-order valence-corrected chi connectivity index (χ4v) is 2.26. The highest BCUT2D eigenvalue weighted by atomic mass is 15.4. The Bertz CT molecular complexity index is 221. The Morgan fingerprint density at radius 3 is 2.62 bits per heavy atom. The highest BCUT2D eigenvalue weighted by Crippen LogP contribution is 2.21. The second kappa shape index (κ2) is 6.74. The summed E-state index contributed by atoms with van der Waals surface area (Å²) in [7, 11) is 2.06. The third-order valence-corrected chi connectivity index (χ3v) is 3.46. The number of guanidine groups is 1. The summed E-state index contributed by atoms with van der Waals surface area (Å²) in [5.41, 5.74) is 2.74. The van der Waals surface area contributed by atoms with Crippen molar-refractivity contribution < 1.29 is 0 Å². The van der Waals surface area contributed by atoms with Gasteiger partial charge in [0.25, 0.3) is 0 Å². The van der Waals surface area contributed by atoms with Crippen molar-refractivity contribution in [3.05, 3.63) is 0 Å². The van der Waals surface area contributed by atoms with Gasteiger partial charge in [-0.05, 0) is 26.2 Å². The minimum Gasteiger partial charge on any atom is -0.342 e. The van der Waals surface area contributed by atoms with Crippen molar-refractivity contribution in [1.82, 2.24) is 10.3 Å². The standard InChI is InChI=1S/C12H26N4/c1-4-7-10(2)16(3)12(15-13)14-11-8-5-6-9-11/h10-11H,4-9,13H2,1-3H3,(H,14,15). The summed E-state index contributed by atoms with van der Waals surface area (Å²) in [6, 6.07) is 0.962. The highest BCUT2D eigenvalue weighted by molar-refractivity contribution is 5.79. The number of hydrazine groups is 1. The molecule has 0 aromatic carbocycles. The summed E-state index contributed by atoms with van der Waals surface area (Å²) >= 11 is 0. The van der Waals surface area contributed by atoms with Crippen molar-refractivity contribution in [3.8, 4) is 0 Å². The molecule has 3 N–H and O–H groups in total.